The van der Waals surface area contributed by atoms with E-state index in [-0.39, 0.29) is 0 Å². The summed E-state index contributed by atoms with van der Waals surface area (Å²) >= 11 is 0. The minimum absolute atomic E-state index is 0.358. The highest BCUT2D eigenvalue weighted by Crippen LogP contribution is 2.41. The predicted molar refractivity (Wildman–Crippen MR) is 60.7 cm³/mol. The highest BCUT2D eigenvalue weighted by Gasteiger charge is 2.33. The minimum Gasteiger partial charge on any atom is -0.396 e. The average molecular weight is 212 g/mol. The maximum absolute atomic E-state index is 8.95. The van der Waals surface area contributed by atoms with Crippen LogP contribution < -0.4 is 0 Å². The van der Waals surface area contributed by atoms with E-state index < -0.39 is 0 Å². The molecule has 2 atom stereocenters. The van der Waals surface area contributed by atoms with E-state index in [2.05, 4.69) is 0 Å². The summed E-state index contributed by atoms with van der Waals surface area (Å²) in [5.41, 5.74) is 0. The second kappa shape index (κ2) is 5.86. The topological polar surface area (TPSA) is 29.5 Å². The Morgan fingerprint density at radius 3 is 2.47 bits per heavy atom. The van der Waals surface area contributed by atoms with Gasteiger partial charge in [0, 0.05) is 19.8 Å². The van der Waals surface area contributed by atoms with Crippen LogP contribution in [0.15, 0.2) is 0 Å². The molecule has 1 saturated heterocycles. The Morgan fingerprint density at radius 2 is 1.93 bits per heavy atom. The third-order valence-corrected chi connectivity index (χ3v) is 4.25. The molecule has 0 spiro atoms. The zero-order chi connectivity index (χ0) is 10.5. The predicted octanol–water partition coefficient (Wildman–Crippen LogP) is 2.60. The van der Waals surface area contributed by atoms with Gasteiger partial charge in [-0.15, -0.1) is 0 Å². The fourth-order valence-corrected chi connectivity index (χ4v) is 3.15. The highest BCUT2D eigenvalue weighted by molar-refractivity contribution is 4.83. The summed E-state index contributed by atoms with van der Waals surface area (Å²) in [6, 6.07) is 0. The van der Waals surface area contributed by atoms with Gasteiger partial charge >= 0.3 is 0 Å². The largest absolute Gasteiger partial charge is 0.396 e. The Bertz CT molecular complexity index is 171. The van der Waals surface area contributed by atoms with Crippen molar-refractivity contribution in [3.8, 4) is 0 Å². The van der Waals surface area contributed by atoms with Crippen molar-refractivity contribution in [2.24, 2.45) is 17.8 Å². The molecule has 0 aromatic heterocycles. The Labute approximate surface area is 93.0 Å². The molecule has 0 aromatic rings. The first kappa shape index (κ1) is 11.4. The number of hydrogen-bond donors (Lipinski definition) is 1. The van der Waals surface area contributed by atoms with Crippen LogP contribution in [0.1, 0.15) is 44.9 Å². The van der Waals surface area contributed by atoms with Crippen LogP contribution in [0.25, 0.3) is 0 Å². The maximum Gasteiger partial charge on any atom is 0.0497 e. The van der Waals surface area contributed by atoms with Crippen molar-refractivity contribution in [2.45, 2.75) is 44.9 Å². The van der Waals surface area contributed by atoms with Gasteiger partial charge in [-0.1, -0.05) is 19.3 Å². The van der Waals surface area contributed by atoms with Gasteiger partial charge in [-0.3, -0.25) is 0 Å². The van der Waals surface area contributed by atoms with E-state index in [4.69, 9.17) is 9.84 Å². The van der Waals surface area contributed by atoms with Crippen LogP contribution in [0.3, 0.4) is 0 Å². The molecule has 0 radical (unpaired) electrons. The third-order valence-electron chi connectivity index (χ3n) is 4.25. The molecule has 2 heteroatoms. The molecule has 1 aliphatic carbocycles. The zero-order valence-corrected chi connectivity index (χ0v) is 9.66. The van der Waals surface area contributed by atoms with Crippen LogP contribution in [0.4, 0.5) is 0 Å². The minimum atomic E-state index is 0.358. The summed E-state index contributed by atoms with van der Waals surface area (Å²) in [6.07, 6.45) is 9.07. The van der Waals surface area contributed by atoms with Gasteiger partial charge in [0.2, 0.25) is 0 Å². The Morgan fingerprint density at radius 1 is 1.13 bits per heavy atom. The maximum atomic E-state index is 8.95. The molecular formula is C13H24O2. The Kier molecular flexibility index (Phi) is 4.45. The van der Waals surface area contributed by atoms with E-state index in [1.165, 1.54) is 38.5 Å². The number of rotatable bonds is 5. The summed E-state index contributed by atoms with van der Waals surface area (Å²) in [5, 5.41) is 8.95. The van der Waals surface area contributed by atoms with Gasteiger partial charge < -0.3 is 9.84 Å². The lowest BCUT2D eigenvalue weighted by atomic mass is 9.68. The molecule has 2 fully saturated rings. The van der Waals surface area contributed by atoms with Gasteiger partial charge in [0.25, 0.3) is 0 Å². The van der Waals surface area contributed by atoms with Crippen LogP contribution in [-0.2, 0) is 4.74 Å². The van der Waals surface area contributed by atoms with Crippen LogP contribution in [-0.4, -0.2) is 24.9 Å². The molecular weight excluding hydrogens is 188 g/mol. The normalized spacial score (nSPS) is 29.8. The van der Waals surface area contributed by atoms with Crippen molar-refractivity contribution >= 4 is 0 Å². The summed E-state index contributed by atoms with van der Waals surface area (Å²) in [5.74, 6) is 2.57. The zero-order valence-electron chi connectivity index (χ0n) is 9.66. The summed E-state index contributed by atoms with van der Waals surface area (Å²) in [6.45, 7) is 2.30. The molecule has 88 valence electrons. The lowest BCUT2D eigenvalue weighted by Gasteiger charge is -2.40. The van der Waals surface area contributed by atoms with E-state index in [0.29, 0.717) is 6.61 Å². The van der Waals surface area contributed by atoms with Gasteiger partial charge in [-0.25, -0.2) is 0 Å². The monoisotopic (exact) mass is 212 g/mol. The first-order valence-electron chi connectivity index (χ1n) is 6.60. The van der Waals surface area contributed by atoms with E-state index in [1.54, 1.807) is 0 Å². The number of aliphatic hydroxyl groups is 1. The molecule has 15 heavy (non-hydrogen) atoms. The average Bonchev–Trinajstić information content (AvgIpc) is 2.22. The molecule has 2 rings (SSSR count). The quantitative estimate of drug-likeness (QED) is 0.759. The highest BCUT2D eigenvalue weighted by atomic mass is 16.5. The van der Waals surface area contributed by atoms with Crippen molar-refractivity contribution in [1.82, 2.24) is 0 Å². The van der Waals surface area contributed by atoms with Crippen molar-refractivity contribution in [3.05, 3.63) is 0 Å². The molecule has 1 saturated carbocycles. The summed E-state index contributed by atoms with van der Waals surface area (Å²) < 4.78 is 5.60. The lowest BCUT2D eigenvalue weighted by Crippen LogP contribution is -2.33. The molecule has 0 aromatic carbocycles. The molecule has 1 heterocycles. The number of aliphatic hydroxyl groups excluding tert-OH is 1. The lowest BCUT2D eigenvalue weighted by molar-refractivity contribution is -0.000534. The van der Waals surface area contributed by atoms with Crippen molar-refractivity contribution in [3.63, 3.8) is 0 Å². The fourth-order valence-electron chi connectivity index (χ4n) is 3.15. The summed E-state index contributed by atoms with van der Waals surface area (Å²) in [4.78, 5) is 0. The molecule has 1 aliphatic heterocycles. The van der Waals surface area contributed by atoms with E-state index in [1.807, 2.05) is 0 Å². The van der Waals surface area contributed by atoms with Crippen LogP contribution in [0.2, 0.25) is 0 Å². The third kappa shape index (κ3) is 2.94. The molecule has 1 N–H and O–H groups in total. The Hall–Kier alpha value is -0.0800. The van der Waals surface area contributed by atoms with Crippen molar-refractivity contribution < 1.29 is 9.84 Å². The van der Waals surface area contributed by atoms with Gasteiger partial charge in [0.1, 0.15) is 0 Å². The summed E-state index contributed by atoms with van der Waals surface area (Å²) in [7, 11) is 0. The van der Waals surface area contributed by atoms with E-state index >= 15 is 0 Å². The number of ether oxygens (including phenoxy) is 1. The molecule has 2 aliphatic rings. The second-order valence-electron chi connectivity index (χ2n) is 5.20. The molecule has 0 bridgehead atoms. The van der Waals surface area contributed by atoms with E-state index in [0.717, 1.165) is 37.4 Å². The van der Waals surface area contributed by atoms with Gasteiger partial charge in [-0.05, 0) is 43.4 Å². The van der Waals surface area contributed by atoms with Gasteiger partial charge in [-0.2, -0.15) is 0 Å². The van der Waals surface area contributed by atoms with Crippen LogP contribution in [0.5, 0.6) is 0 Å². The van der Waals surface area contributed by atoms with Crippen LogP contribution in [0, 0.1) is 17.8 Å². The van der Waals surface area contributed by atoms with Crippen molar-refractivity contribution in [1.29, 1.82) is 0 Å². The smallest absolute Gasteiger partial charge is 0.0497 e. The molecule has 0 amide bonds. The molecule has 2 unspecified atom stereocenters. The Balaban J connectivity index is 1.84. The standard InChI is InChI=1S/C13H24O2/c14-8-2-7-13(11-4-1-5-11)12-6-3-9-15-10-12/h11-14H,1-10H2. The SMILES string of the molecule is OCCCC(C1CCC1)C1CCCOC1. The first-order chi connectivity index (χ1) is 7.42. The molecule has 2 nitrogen and oxygen atoms in total. The van der Waals surface area contributed by atoms with E-state index in [9.17, 15) is 0 Å². The first-order valence-corrected chi connectivity index (χ1v) is 6.60. The van der Waals surface area contributed by atoms with Crippen molar-refractivity contribution in [2.75, 3.05) is 19.8 Å². The second-order valence-corrected chi connectivity index (χ2v) is 5.20. The fraction of sp³-hybridized carbons (Fsp3) is 1.00. The van der Waals surface area contributed by atoms with Gasteiger partial charge in [0.05, 0.1) is 0 Å². The van der Waals surface area contributed by atoms with Gasteiger partial charge in [0.15, 0.2) is 0 Å². The van der Waals surface area contributed by atoms with Crippen LogP contribution >= 0.6 is 0 Å². The number of hydrogen-bond acceptors (Lipinski definition) is 2.